The molecule has 10 heteroatoms. The number of halogens is 1. The van der Waals surface area contributed by atoms with E-state index in [1.165, 1.54) is 19.1 Å². The van der Waals surface area contributed by atoms with E-state index >= 15 is 0 Å². The molecule has 2 aromatic carbocycles. The Morgan fingerprint density at radius 2 is 1.75 bits per heavy atom. The normalized spacial score (nSPS) is 20.0. The van der Waals surface area contributed by atoms with Crippen molar-refractivity contribution in [1.29, 1.82) is 0 Å². The minimum absolute atomic E-state index is 0.141. The molecular weight excluding hydrogens is 472 g/mol. The molecule has 7 nitrogen and oxygen atoms in total. The van der Waals surface area contributed by atoms with Crippen LogP contribution < -0.4 is 14.4 Å². The Bertz CT molecular complexity index is 1170. The van der Waals surface area contributed by atoms with Gasteiger partial charge in [-0.1, -0.05) is 41.6 Å². The Morgan fingerprint density at radius 3 is 2.41 bits per heavy atom. The standard InChI is InChI=1S/C22H17ClN2O5S2/c1-29-16-8-3-12(9-17(16)30-2)10-18-21(28)25(22(31)32-18)15-11-19(26)24(20(15)27)14-6-4-13(23)5-7-14/h3-10,15H,11H2,1-2H3/b18-10-. The van der Waals surface area contributed by atoms with Crippen LogP contribution in [0, 0.1) is 0 Å². The number of anilines is 1. The van der Waals surface area contributed by atoms with Gasteiger partial charge in [-0.3, -0.25) is 19.3 Å². The third kappa shape index (κ3) is 3.99. The van der Waals surface area contributed by atoms with Crippen LogP contribution in [-0.2, 0) is 14.4 Å². The Kier molecular flexibility index (Phi) is 6.23. The quantitative estimate of drug-likeness (QED) is 0.359. The molecule has 3 amide bonds. The van der Waals surface area contributed by atoms with Crippen LogP contribution in [0.15, 0.2) is 47.4 Å². The number of carbonyl (C=O) groups excluding carboxylic acids is 3. The number of ether oxygens (including phenoxy) is 2. The number of hydrogen-bond acceptors (Lipinski definition) is 7. The highest BCUT2D eigenvalue weighted by Gasteiger charge is 2.48. The van der Waals surface area contributed by atoms with Crippen LogP contribution in [0.2, 0.25) is 5.02 Å². The van der Waals surface area contributed by atoms with Crippen molar-refractivity contribution in [1.82, 2.24) is 4.90 Å². The molecule has 0 aliphatic carbocycles. The molecular formula is C22H17ClN2O5S2. The lowest BCUT2D eigenvalue weighted by atomic mass is 10.1. The first-order valence-corrected chi connectivity index (χ1v) is 11.1. The highest BCUT2D eigenvalue weighted by molar-refractivity contribution is 8.26. The minimum atomic E-state index is -0.984. The predicted octanol–water partition coefficient (Wildman–Crippen LogP) is 3.89. The summed E-state index contributed by atoms with van der Waals surface area (Å²) >= 11 is 12.4. The molecule has 2 fully saturated rings. The predicted molar refractivity (Wildman–Crippen MR) is 127 cm³/mol. The zero-order chi connectivity index (χ0) is 23.0. The largest absolute Gasteiger partial charge is 0.493 e. The zero-order valence-corrected chi connectivity index (χ0v) is 19.4. The Labute approximate surface area is 198 Å². The van der Waals surface area contributed by atoms with Gasteiger partial charge in [-0.05, 0) is 48.0 Å². The van der Waals surface area contributed by atoms with E-state index in [0.717, 1.165) is 16.7 Å². The van der Waals surface area contributed by atoms with Crippen LogP contribution >= 0.6 is 35.6 Å². The number of thioether (sulfide) groups is 1. The molecule has 0 bridgehead atoms. The van der Waals surface area contributed by atoms with E-state index in [9.17, 15) is 14.4 Å². The summed E-state index contributed by atoms with van der Waals surface area (Å²) in [4.78, 5) is 41.4. The number of nitrogens with zero attached hydrogens (tertiary/aromatic N) is 2. The number of rotatable bonds is 5. The first-order valence-electron chi connectivity index (χ1n) is 9.45. The molecule has 4 rings (SSSR count). The van der Waals surface area contributed by atoms with E-state index in [4.69, 9.17) is 33.3 Å². The van der Waals surface area contributed by atoms with Crippen LogP contribution in [0.3, 0.4) is 0 Å². The highest BCUT2D eigenvalue weighted by Crippen LogP contribution is 2.38. The van der Waals surface area contributed by atoms with E-state index in [2.05, 4.69) is 0 Å². The number of carbonyl (C=O) groups is 3. The number of methoxy groups -OCH3 is 2. The van der Waals surface area contributed by atoms with Crippen LogP contribution in [0.25, 0.3) is 6.08 Å². The fourth-order valence-electron chi connectivity index (χ4n) is 3.52. The number of hydrogen-bond donors (Lipinski definition) is 0. The highest BCUT2D eigenvalue weighted by atomic mass is 35.5. The van der Waals surface area contributed by atoms with Crippen molar-refractivity contribution in [3.63, 3.8) is 0 Å². The van der Waals surface area contributed by atoms with Gasteiger partial charge in [-0.15, -0.1) is 0 Å². The second-order valence-electron chi connectivity index (χ2n) is 6.93. The van der Waals surface area contributed by atoms with Crippen molar-refractivity contribution in [2.75, 3.05) is 19.1 Å². The first kappa shape index (κ1) is 22.3. The van der Waals surface area contributed by atoms with Crippen LogP contribution in [0.1, 0.15) is 12.0 Å². The summed E-state index contributed by atoms with van der Waals surface area (Å²) in [6.07, 6.45) is 1.52. The third-order valence-electron chi connectivity index (χ3n) is 5.05. The molecule has 1 atom stereocenters. The van der Waals surface area contributed by atoms with E-state index < -0.39 is 23.8 Å². The lowest BCUT2D eigenvalue weighted by molar-refractivity contribution is -0.129. The van der Waals surface area contributed by atoms with Gasteiger partial charge in [0.1, 0.15) is 10.4 Å². The van der Waals surface area contributed by atoms with Gasteiger partial charge in [-0.25, -0.2) is 4.90 Å². The number of thiocarbonyl (C=S) groups is 1. The van der Waals surface area contributed by atoms with E-state index in [0.29, 0.717) is 32.7 Å². The fourth-order valence-corrected chi connectivity index (χ4v) is 5.00. The second-order valence-corrected chi connectivity index (χ2v) is 9.04. The topological polar surface area (TPSA) is 76.2 Å². The van der Waals surface area contributed by atoms with E-state index in [-0.39, 0.29) is 10.7 Å². The van der Waals surface area contributed by atoms with Crippen LogP contribution in [0.4, 0.5) is 5.69 Å². The van der Waals surface area contributed by atoms with Gasteiger partial charge in [0.25, 0.3) is 11.8 Å². The van der Waals surface area contributed by atoms with Gasteiger partial charge in [0, 0.05) is 5.02 Å². The SMILES string of the molecule is COc1ccc(/C=C2\SC(=S)N(C3CC(=O)N(c4ccc(Cl)cc4)C3=O)C2=O)cc1OC. The van der Waals surface area contributed by atoms with Gasteiger partial charge in [-0.2, -0.15) is 0 Å². The van der Waals surface area contributed by atoms with Crippen molar-refractivity contribution < 1.29 is 23.9 Å². The smallest absolute Gasteiger partial charge is 0.266 e. The number of imide groups is 1. The molecule has 0 aromatic heterocycles. The minimum Gasteiger partial charge on any atom is -0.493 e. The maximum Gasteiger partial charge on any atom is 0.266 e. The molecule has 0 spiro atoms. The van der Waals surface area contributed by atoms with Crippen molar-refractivity contribution >= 4 is 69.4 Å². The first-order chi connectivity index (χ1) is 15.3. The van der Waals surface area contributed by atoms with E-state index in [1.807, 2.05) is 0 Å². The Hall–Kier alpha value is -2.88. The Balaban J connectivity index is 1.59. The zero-order valence-electron chi connectivity index (χ0n) is 17.0. The molecule has 32 heavy (non-hydrogen) atoms. The van der Waals surface area contributed by atoms with Gasteiger partial charge in [0.2, 0.25) is 5.91 Å². The molecule has 164 valence electrons. The van der Waals surface area contributed by atoms with Gasteiger partial charge >= 0.3 is 0 Å². The summed E-state index contributed by atoms with van der Waals surface area (Å²) in [5.41, 5.74) is 1.11. The summed E-state index contributed by atoms with van der Waals surface area (Å²) in [5.74, 6) is -0.235. The lowest BCUT2D eigenvalue weighted by Gasteiger charge is -2.21. The summed E-state index contributed by atoms with van der Waals surface area (Å²) in [5, 5.41) is 0.488. The number of amides is 3. The molecule has 2 heterocycles. The molecule has 0 radical (unpaired) electrons. The van der Waals surface area contributed by atoms with Gasteiger partial charge in [0.05, 0.1) is 31.2 Å². The molecule has 0 N–H and O–H groups in total. The van der Waals surface area contributed by atoms with Crippen molar-refractivity contribution in [2.45, 2.75) is 12.5 Å². The third-order valence-corrected chi connectivity index (χ3v) is 6.63. The number of benzene rings is 2. The Morgan fingerprint density at radius 1 is 1.06 bits per heavy atom. The summed E-state index contributed by atoms with van der Waals surface area (Å²) in [7, 11) is 3.06. The van der Waals surface area contributed by atoms with Gasteiger partial charge < -0.3 is 9.47 Å². The van der Waals surface area contributed by atoms with Crippen molar-refractivity contribution in [3.8, 4) is 11.5 Å². The molecule has 2 aliphatic heterocycles. The molecule has 1 unspecified atom stereocenters. The maximum atomic E-state index is 13.1. The summed E-state index contributed by atoms with van der Waals surface area (Å²) in [6, 6.07) is 10.6. The van der Waals surface area contributed by atoms with Gasteiger partial charge in [0.15, 0.2) is 11.5 Å². The van der Waals surface area contributed by atoms with Crippen LogP contribution in [-0.4, -0.2) is 47.2 Å². The average molecular weight is 489 g/mol. The van der Waals surface area contributed by atoms with Crippen molar-refractivity contribution in [2.24, 2.45) is 0 Å². The molecule has 2 aromatic rings. The average Bonchev–Trinajstić information content (AvgIpc) is 3.22. The monoisotopic (exact) mass is 488 g/mol. The summed E-state index contributed by atoms with van der Waals surface area (Å²) < 4.78 is 10.8. The second kappa shape index (κ2) is 8.93. The maximum absolute atomic E-state index is 13.1. The summed E-state index contributed by atoms with van der Waals surface area (Å²) in [6.45, 7) is 0. The molecule has 0 saturated carbocycles. The van der Waals surface area contributed by atoms with Crippen molar-refractivity contribution in [3.05, 3.63) is 58.0 Å². The van der Waals surface area contributed by atoms with E-state index in [1.54, 1.807) is 48.5 Å². The molecule has 2 saturated heterocycles. The lowest BCUT2D eigenvalue weighted by Crippen LogP contribution is -2.44. The molecule has 2 aliphatic rings. The van der Waals surface area contributed by atoms with Crippen LogP contribution in [0.5, 0.6) is 11.5 Å². The fraction of sp³-hybridized carbons (Fsp3) is 0.182.